The number of fused-ring (bicyclic) bond motifs is 1. The molecule has 3 rings (SSSR count). The zero-order valence-corrected chi connectivity index (χ0v) is 9.84. The third-order valence-corrected chi connectivity index (χ3v) is 5.06. The molecule has 4 atom stereocenters. The van der Waals surface area contributed by atoms with Gasteiger partial charge in [0.25, 0.3) is 0 Å². The van der Waals surface area contributed by atoms with Crippen molar-refractivity contribution >= 4 is 0 Å². The molecule has 4 unspecified atom stereocenters. The molecule has 3 aliphatic rings. The van der Waals surface area contributed by atoms with Crippen molar-refractivity contribution in [2.24, 2.45) is 28.9 Å². The predicted molar refractivity (Wildman–Crippen MR) is 63.4 cm³/mol. The van der Waals surface area contributed by atoms with Crippen LogP contribution in [0.4, 0.5) is 0 Å². The first-order chi connectivity index (χ1) is 7.22. The lowest BCUT2D eigenvalue weighted by Gasteiger charge is -2.36. The molecule has 0 saturated heterocycles. The SMILES string of the molecule is CC1C=C2CC3CC(CCCN)(C1)CC23. The summed E-state index contributed by atoms with van der Waals surface area (Å²) in [5.74, 6) is 2.87. The number of hydrogen-bond acceptors (Lipinski definition) is 1. The summed E-state index contributed by atoms with van der Waals surface area (Å²) in [6.45, 7) is 3.29. The van der Waals surface area contributed by atoms with Crippen LogP contribution >= 0.6 is 0 Å². The van der Waals surface area contributed by atoms with E-state index in [9.17, 15) is 0 Å². The van der Waals surface area contributed by atoms with Crippen molar-refractivity contribution in [1.82, 2.24) is 0 Å². The summed E-state index contributed by atoms with van der Waals surface area (Å²) >= 11 is 0. The Kier molecular flexibility index (Phi) is 2.21. The van der Waals surface area contributed by atoms with Gasteiger partial charge in [0.15, 0.2) is 0 Å². The maximum Gasteiger partial charge on any atom is -0.00771 e. The maximum absolute atomic E-state index is 5.68. The average molecular weight is 205 g/mol. The Bertz CT molecular complexity index is 294. The Morgan fingerprint density at radius 2 is 2.27 bits per heavy atom. The minimum atomic E-state index is 0.683. The Balaban J connectivity index is 1.81. The lowest BCUT2D eigenvalue weighted by atomic mass is 9.69. The van der Waals surface area contributed by atoms with Gasteiger partial charge in [-0.3, -0.25) is 0 Å². The molecule has 0 aliphatic heterocycles. The Morgan fingerprint density at radius 3 is 3.07 bits per heavy atom. The van der Waals surface area contributed by atoms with Crippen LogP contribution in [0.3, 0.4) is 0 Å². The van der Waals surface area contributed by atoms with E-state index >= 15 is 0 Å². The largest absolute Gasteiger partial charge is 0.330 e. The summed E-state index contributed by atoms with van der Waals surface area (Å²) in [4.78, 5) is 0. The molecule has 84 valence electrons. The number of rotatable bonds is 3. The van der Waals surface area contributed by atoms with Crippen molar-refractivity contribution < 1.29 is 0 Å². The van der Waals surface area contributed by atoms with Gasteiger partial charge in [-0.25, -0.2) is 0 Å². The topological polar surface area (TPSA) is 26.0 Å². The van der Waals surface area contributed by atoms with Crippen LogP contribution in [-0.4, -0.2) is 6.54 Å². The molecule has 3 aliphatic carbocycles. The molecular weight excluding hydrogens is 182 g/mol. The number of hydrogen-bond donors (Lipinski definition) is 1. The van der Waals surface area contributed by atoms with E-state index in [1.54, 1.807) is 5.57 Å². The standard InChI is InChI=1S/C14H23N/c1-10-5-11-6-12-8-14(7-10,3-2-4-15)9-13(11)12/h5,10,12-13H,2-4,6-9,15H2,1H3. The summed E-state index contributed by atoms with van der Waals surface area (Å²) in [6, 6.07) is 0. The van der Waals surface area contributed by atoms with Crippen molar-refractivity contribution in [2.45, 2.75) is 45.4 Å². The Hall–Kier alpha value is -0.300. The number of nitrogens with two attached hydrogens (primary N) is 1. The molecule has 1 nitrogen and oxygen atoms in total. The highest BCUT2D eigenvalue weighted by Crippen LogP contribution is 2.63. The molecule has 0 amide bonds. The minimum absolute atomic E-state index is 0.683. The van der Waals surface area contributed by atoms with Gasteiger partial charge in [0.05, 0.1) is 0 Å². The van der Waals surface area contributed by atoms with Crippen LogP contribution in [0.2, 0.25) is 0 Å². The Labute approximate surface area is 93.1 Å². The molecule has 0 aromatic heterocycles. The monoisotopic (exact) mass is 205 g/mol. The molecule has 2 saturated carbocycles. The van der Waals surface area contributed by atoms with Gasteiger partial charge in [0, 0.05) is 0 Å². The van der Waals surface area contributed by atoms with E-state index in [2.05, 4.69) is 13.0 Å². The molecular formula is C14H23N. The highest BCUT2D eigenvalue weighted by atomic mass is 14.6. The third kappa shape index (κ3) is 1.47. The van der Waals surface area contributed by atoms with Gasteiger partial charge in [-0.05, 0) is 68.2 Å². The molecule has 2 bridgehead atoms. The van der Waals surface area contributed by atoms with E-state index in [1.807, 2.05) is 0 Å². The highest BCUT2D eigenvalue weighted by molar-refractivity contribution is 5.26. The first kappa shape index (κ1) is 9.89. The summed E-state index contributed by atoms with van der Waals surface area (Å²) in [5.41, 5.74) is 8.17. The molecule has 15 heavy (non-hydrogen) atoms. The second-order valence-electron chi connectivity index (χ2n) is 6.29. The molecule has 2 fully saturated rings. The van der Waals surface area contributed by atoms with Crippen molar-refractivity contribution in [3.05, 3.63) is 11.6 Å². The lowest BCUT2D eigenvalue weighted by Crippen LogP contribution is -2.25. The van der Waals surface area contributed by atoms with E-state index < -0.39 is 0 Å². The molecule has 0 heterocycles. The van der Waals surface area contributed by atoms with Crippen LogP contribution in [0.1, 0.15) is 45.4 Å². The van der Waals surface area contributed by atoms with Crippen LogP contribution in [0.5, 0.6) is 0 Å². The highest BCUT2D eigenvalue weighted by Gasteiger charge is 2.52. The van der Waals surface area contributed by atoms with Crippen molar-refractivity contribution in [1.29, 1.82) is 0 Å². The Morgan fingerprint density at radius 1 is 1.40 bits per heavy atom. The van der Waals surface area contributed by atoms with Gasteiger partial charge in [-0.15, -0.1) is 0 Å². The van der Waals surface area contributed by atoms with E-state index in [4.69, 9.17) is 5.73 Å². The van der Waals surface area contributed by atoms with Gasteiger partial charge in [0.2, 0.25) is 0 Å². The summed E-state index contributed by atoms with van der Waals surface area (Å²) in [7, 11) is 0. The summed E-state index contributed by atoms with van der Waals surface area (Å²) in [6.07, 6.45) is 11.1. The molecule has 2 N–H and O–H groups in total. The second-order valence-corrected chi connectivity index (χ2v) is 6.29. The first-order valence-electron chi connectivity index (χ1n) is 6.63. The molecule has 1 heteroatoms. The average Bonchev–Trinajstić information content (AvgIpc) is 2.39. The van der Waals surface area contributed by atoms with Crippen LogP contribution in [0.15, 0.2) is 11.6 Å². The van der Waals surface area contributed by atoms with Gasteiger partial charge < -0.3 is 5.73 Å². The zero-order chi connectivity index (χ0) is 10.5. The van der Waals surface area contributed by atoms with Crippen LogP contribution in [-0.2, 0) is 0 Å². The van der Waals surface area contributed by atoms with Crippen molar-refractivity contribution in [3.8, 4) is 0 Å². The molecule has 0 radical (unpaired) electrons. The van der Waals surface area contributed by atoms with E-state index in [-0.39, 0.29) is 0 Å². The molecule has 0 aromatic rings. The number of allylic oxidation sites excluding steroid dienone is 2. The van der Waals surface area contributed by atoms with Crippen molar-refractivity contribution in [3.63, 3.8) is 0 Å². The predicted octanol–water partition coefficient (Wildman–Crippen LogP) is 3.11. The van der Waals surface area contributed by atoms with Gasteiger partial charge in [-0.1, -0.05) is 18.6 Å². The van der Waals surface area contributed by atoms with Gasteiger partial charge in [-0.2, -0.15) is 0 Å². The fraction of sp³-hybridized carbons (Fsp3) is 0.857. The first-order valence-corrected chi connectivity index (χ1v) is 6.63. The van der Waals surface area contributed by atoms with Crippen LogP contribution < -0.4 is 5.73 Å². The summed E-state index contributed by atoms with van der Waals surface area (Å²) < 4.78 is 0. The third-order valence-electron chi connectivity index (χ3n) is 5.06. The normalized spacial score (nSPS) is 47.1. The van der Waals surface area contributed by atoms with Crippen LogP contribution in [0, 0.1) is 23.2 Å². The maximum atomic E-state index is 5.68. The fourth-order valence-electron chi connectivity index (χ4n) is 4.61. The van der Waals surface area contributed by atoms with E-state index in [1.165, 1.54) is 38.5 Å². The zero-order valence-electron chi connectivity index (χ0n) is 9.84. The summed E-state index contributed by atoms with van der Waals surface area (Å²) in [5, 5.41) is 0. The minimum Gasteiger partial charge on any atom is -0.330 e. The molecule has 0 spiro atoms. The quantitative estimate of drug-likeness (QED) is 0.704. The smallest absolute Gasteiger partial charge is 0.00771 e. The van der Waals surface area contributed by atoms with Gasteiger partial charge >= 0.3 is 0 Å². The molecule has 0 aromatic carbocycles. The van der Waals surface area contributed by atoms with Crippen LogP contribution in [0.25, 0.3) is 0 Å². The fourth-order valence-corrected chi connectivity index (χ4v) is 4.61. The lowest BCUT2D eigenvalue weighted by molar-refractivity contribution is 0.210. The second kappa shape index (κ2) is 3.35. The van der Waals surface area contributed by atoms with Crippen molar-refractivity contribution in [2.75, 3.05) is 6.54 Å². The van der Waals surface area contributed by atoms with E-state index in [0.717, 1.165) is 24.3 Å². The van der Waals surface area contributed by atoms with Gasteiger partial charge in [0.1, 0.15) is 0 Å². The van der Waals surface area contributed by atoms with E-state index in [0.29, 0.717) is 5.41 Å².